The monoisotopic (exact) mass is 252 g/mol. The molecular weight excluding hydrogens is 232 g/mol. The molecule has 18 heavy (non-hydrogen) atoms. The van der Waals surface area contributed by atoms with Crippen molar-refractivity contribution in [3.8, 4) is 0 Å². The molecule has 0 aromatic heterocycles. The Balaban J connectivity index is 2.12. The average molecular weight is 252 g/mol. The van der Waals surface area contributed by atoms with E-state index in [0.717, 1.165) is 12.0 Å². The molecule has 0 aromatic carbocycles. The van der Waals surface area contributed by atoms with Crippen LogP contribution >= 0.6 is 0 Å². The van der Waals surface area contributed by atoms with E-state index in [0.29, 0.717) is 13.0 Å². The summed E-state index contributed by atoms with van der Waals surface area (Å²) >= 11 is 0. The molecule has 2 unspecified atom stereocenters. The van der Waals surface area contributed by atoms with Crippen molar-refractivity contribution in [2.75, 3.05) is 6.61 Å². The van der Waals surface area contributed by atoms with Crippen LogP contribution in [0.1, 0.15) is 40.5 Å². The number of ether oxygens (including phenoxy) is 2. The molecule has 1 heterocycles. The standard InChI is InChI=1S/C14H20O4/c1-9(2)7-14(8-13(14,3)4)12(16)18-10-5-6-17-11(10)15/h7,10H,5-6,8H2,1-4H3. The van der Waals surface area contributed by atoms with Gasteiger partial charge in [-0.1, -0.05) is 25.5 Å². The first-order valence-electron chi connectivity index (χ1n) is 6.32. The fourth-order valence-corrected chi connectivity index (χ4v) is 2.62. The van der Waals surface area contributed by atoms with Gasteiger partial charge in [-0.3, -0.25) is 4.79 Å². The summed E-state index contributed by atoms with van der Waals surface area (Å²) in [5.74, 6) is -0.716. The zero-order valence-electron chi connectivity index (χ0n) is 11.4. The van der Waals surface area contributed by atoms with Gasteiger partial charge in [0.15, 0.2) is 0 Å². The first kappa shape index (κ1) is 13.1. The summed E-state index contributed by atoms with van der Waals surface area (Å²) in [5, 5.41) is 0. The lowest BCUT2D eigenvalue weighted by atomic mass is 9.93. The SMILES string of the molecule is CC(C)=CC1(C(=O)OC2CCOC2=O)CC1(C)C. The Labute approximate surface area is 107 Å². The molecule has 0 radical (unpaired) electrons. The molecule has 1 aliphatic heterocycles. The van der Waals surface area contributed by atoms with E-state index >= 15 is 0 Å². The van der Waals surface area contributed by atoms with E-state index in [1.54, 1.807) is 0 Å². The molecule has 2 fully saturated rings. The highest BCUT2D eigenvalue weighted by atomic mass is 16.6. The van der Waals surface area contributed by atoms with Crippen LogP contribution in [-0.2, 0) is 19.1 Å². The number of rotatable bonds is 3. The third-order valence-corrected chi connectivity index (χ3v) is 3.84. The quantitative estimate of drug-likeness (QED) is 0.571. The van der Waals surface area contributed by atoms with Crippen molar-refractivity contribution in [3.05, 3.63) is 11.6 Å². The van der Waals surface area contributed by atoms with Crippen molar-refractivity contribution in [2.45, 2.75) is 46.6 Å². The summed E-state index contributed by atoms with van der Waals surface area (Å²) in [4.78, 5) is 23.6. The highest BCUT2D eigenvalue weighted by Gasteiger charge is 2.66. The van der Waals surface area contributed by atoms with Crippen LogP contribution in [-0.4, -0.2) is 24.6 Å². The minimum Gasteiger partial charge on any atom is -0.463 e. The first-order chi connectivity index (χ1) is 8.28. The van der Waals surface area contributed by atoms with Crippen LogP contribution in [0.2, 0.25) is 0 Å². The number of cyclic esters (lactones) is 1. The van der Waals surface area contributed by atoms with Crippen molar-refractivity contribution in [1.82, 2.24) is 0 Å². The first-order valence-corrected chi connectivity index (χ1v) is 6.32. The molecule has 4 nitrogen and oxygen atoms in total. The third-order valence-electron chi connectivity index (χ3n) is 3.84. The van der Waals surface area contributed by atoms with Crippen molar-refractivity contribution in [3.63, 3.8) is 0 Å². The molecule has 100 valence electrons. The minimum atomic E-state index is -0.712. The molecule has 0 amide bonds. The van der Waals surface area contributed by atoms with Crippen LogP contribution in [0.5, 0.6) is 0 Å². The Morgan fingerprint density at radius 1 is 1.44 bits per heavy atom. The second kappa shape index (κ2) is 4.11. The van der Waals surface area contributed by atoms with Crippen LogP contribution in [0, 0.1) is 10.8 Å². The number of hydrogen-bond acceptors (Lipinski definition) is 4. The van der Waals surface area contributed by atoms with Crippen LogP contribution in [0.25, 0.3) is 0 Å². The highest BCUT2D eigenvalue weighted by molar-refractivity contribution is 5.87. The van der Waals surface area contributed by atoms with E-state index in [9.17, 15) is 9.59 Å². The molecule has 0 N–H and O–H groups in total. The van der Waals surface area contributed by atoms with Crippen molar-refractivity contribution in [2.24, 2.45) is 10.8 Å². The summed E-state index contributed by atoms with van der Waals surface area (Å²) in [6, 6.07) is 0. The van der Waals surface area contributed by atoms with E-state index in [1.807, 2.05) is 33.8 Å². The van der Waals surface area contributed by atoms with Crippen molar-refractivity contribution in [1.29, 1.82) is 0 Å². The number of carbonyl (C=O) groups is 2. The number of allylic oxidation sites excluding steroid dienone is 1. The van der Waals surface area contributed by atoms with Gasteiger partial charge >= 0.3 is 11.9 Å². The van der Waals surface area contributed by atoms with Gasteiger partial charge in [-0.25, -0.2) is 4.79 Å². The van der Waals surface area contributed by atoms with E-state index in [4.69, 9.17) is 9.47 Å². The van der Waals surface area contributed by atoms with E-state index in [2.05, 4.69) is 0 Å². The zero-order valence-corrected chi connectivity index (χ0v) is 11.4. The smallest absolute Gasteiger partial charge is 0.347 e. The van der Waals surface area contributed by atoms with Gasteiger partial charge < -0.3 is 9.47 Å². The lowest BCUT2D eigenvalue weighted by Crippen LogP contribution is -2.29. The van der Waals surface area contributed by atoms with E-state index < -0.39 is 17.5 Å². The minimum absolute atomic E-state index is 0.0934. The maximum absolute atomic E-state index is 12.3. The molecule has 2 rings (SSSR count). The molecule has 0 spiro atoms. The molecule has 1 aliphatic carbocycles. The van der Waals surface area contributed by atoms with Gasteiger partial charge in [0.1, 0.15) is 0 Å². The van der Waals surface area contributed by atoms with Crippen LogP contribution in [0.15, 0.2) is 11.6 Å². The van der Waals surface area contributed by atoms with Gasteiger partial charge in [-0.15, -0.1) is 0 Å². The zero-order chi connectivity index (χ0) is 13.6. The molecule has 1 saturated carbocycles. The fraction of sp³-hybridized carbons (Fsp3) is 0.714. The summed E-state index contributed by atoms with van der Waals surface area (Å²) in [5.41, 5.74) is 0.435. The summed E-state index contributed by atoms with van der Waals surface area (Å²) in [6.45, 7) is 8.36. The molecule has 4 heteroatoms. The van der Waals surface area contributed by atoms with Gasteiger partial charge in [0, 0.05) is 6.42 Å². The Morgan fingerprint density at radius 2 is 2.06 bits per heavy atom. The second-order valence-corrected chi connectivity index (χ2v) is 6.10. The lowest BCUT2D eigenvalue weighted by molar-refractivity contribution is -0.164. The maximum atomic E-state index is 12.3. The molecule has 0 bridgehead atoms. The Kier molecular flexibility index (Phi) is 2.99. The Bertz CT molecular complexity index is 418. The summed E-state index contributed by atoms with van der Waals surface area (Å²) in [7, 11) is 0. The summed E-state index contributed by atoms with van der Waals surface area (Å²) < 4.78 is 10.1. The predicted molar refractivity (Wildman–Crippen MR) is 65.7 cm³/mol. The number of carbonyl (C=O) groups excluding carboxylic acids is 2. The van der Waals surface area contributed by atoms with E-state index in [1.165, 1.54) is 0 Å². The average Bonchev–Trinajstić information content (AvgIpc) is 2.58. The molecule has 2 aliphatic rings. The van der Waals surface area contributed by atoms with Gasteiger partial charge in [0.2, 0.25) is 6.10 Å². The Morgan fingerprint density at radius 3 is 2.44 bits per heavy atom. The largest absolute Gasteiger partial charge is 0.463 e. The molecule has 1 saturated heterocycles. The van der Waals surface area contributed by atoms with Crippen molar-refractivity contribution < 1.29 is 19.1 Å². The highest BCUT2D eigenvalue weighted by Crippen LogP contribution is 2.65. The fourth-order valence-electron chi connectivity index (χ4n) is 2.62. The van der Waals surface area contributed by atoms with Gasteiger partial charge in [0.05, 0.1) is 12.0 Å². The van der Waals surface area contributed by atoms with Gasteiger partial charge in [-0.2, -0.15) is 0 Å². The Hall–Kier alpha value is -1.32. The predicted octanol–water partition coefficient (Wildman–Crippen LogP) is 2.23. The summed E-state index contributed by atoms with van der Waals surface area (Å²) in [6.07, 6.45) is 2.49. The second-order valence-electron chi connectivity index (χ2n) is 6.10. The normalized spacial score (nSPS) is 32.7. The van der Waals surface area contributed by atoms with Crippen molar-refractivity contribution >= 4 is 11.9 Å². The third kappa shape index (κ3) is 2.04. The molecule has 0 aromatic rings. The molecule has 2 atom stereocenters. The van der Waals surface area contributed by atoms with E-state index in [-0.39, 0.29) is 11.4 Å². The van der Waals surface area contributed by atoms with Gasteiger partial charge in [-0.05, 0) is 25.7 Å². The van der Waals surface area contributed by atoms with Crippen LogP contribution in [0.4, 0.5) is 0 Å². The lowest BCUT2D eigenvalue weighted by Gasteiger charge is -2.18. The van der Waals surface area contributed by atoms with Crippen LogP contribution < -0.4 is 0 Å². The van der Waals surface area contributed by atoms with Crippen LogP contribution in [0.3, 0.4) is 0 Å². The number of hydrogen-bond donors (Lipinski definition) is 0. The topological polar surface area (TPSA) is 52.6 Å². The molecular formula is C14H20O4. The van der Waals surface area contributed by atoms with Gasteiger partial charge in [0.25, 0.3) is 0 Å². The number of esters is 2. The maximum Gasteiger partial charge on any atom is 0.347 e.